The molecule has 2 aromatic carbocycles. The van der Waals surface area contributed by atoms with Crippen LogP contribution in [0.1, 0.15) is 36.1 Å². The Balaban J connectivity index is 2.21. The van der Waals surface area contributed by atoms with E-state index in [1.54, 1.807) is 5.57 Å². The fraction of sp³-hybridized carbons (Fsp3) is 0.300. The molecule has 0 bridgehead atoms. The van der Waals surface area contributed by atoms with E-state index in [0.29, 0.717) is 5.92 Å². The highest BCUT2D eigenvalue weighted by molar-refractivity contribution is 5.83. The first-order valence-corrected chi connectivity index (χ1v) is 7.47. The van der Waals surface area contributed by atoms with Crippen molar-refractivity contribution in [3.8, 4) is 11.1 Å². The minimum Gasteiger partial charge on any atom is -0.0626 e. The fourth-order valence-electron chi connectivity index (χ4n) is 3.22. The number of allylic oxidation sites excluding steroid dienone is 1. The second-order valence-electron chi connectivity index (χ2n) is 6.20. The summed E-state index contributed by atoms with van der Waals surface area (Å²) in [4.78, 5) is 0. The molecule has 1 aliphatic carbocycles. The minimum atomic E-state index is 0.633. The standard InChI is InChI=1S/C20H22/c1-13(2)17-11-16-9-6-10-18(19(16)12-17)20-14(3)7-5-8-15(20)4/h5-10,12-13H,11H2,1-4H3. The summed E-state index contributed by atoms with van der Waals surface area (Å²) in [6.07, 6.45) is 3.53. The molecule has 0 heterocycles. The van der Waals surface area contributed by atoms with Gasteiger partial charge in [-0.3, -0.25) is 0 Å². The van der Waals surface area contributed by atoms with Gasteiger partial charge in [0.05, 0.1) is 0 Å². The zero-order chi connectivity index (χ0) is 14.3. The van der Waals surface area contributed by atoms with E-state index in [-0.39, 0.29) is 0 Å². The maximum Gasteiger partial charge on any atom is -0.00550 e. The Morgan fingerprint density at radius 1 is 0.900 bits per heavy atom. The van der Waals surface area contributed by atoms with Crippen LogP contribution >= 0.6 is 0 Å². The lowest BCUT2D eigenvalue weighted by molar-refractivity contribution is 0.754. The molecule has 0 atom stereocenters. The van der Waals surface area contributed by atoms with Crippen LogP contribution in [0.25, 0.3) is 17.2 Å². The van der Waals surface area contributed by atoms with Gasteiger partial charge in [-0.1, -0.05) is 61.9 Å². The molecule has 0 N–H and O–H groups in total. The number of fused-ring (bicyclic) bond motifs is 1. The lowest BCUT2D eigenvalue weighted by atomic mass is 9.91. The van der Waals surface area contributed by atoms with E-state index < -0.39 is 0 Å². The van der Waals surface area contributed by atoms with Crippen LogP contribution in [0.4, 0.5) is 0 Å². The second-order valence-corrected chi connectivity index (χ2v) is 6.20. The van der Waals surface area contributed by atoms with Crippen molar-refractivity contribution in [2.45, 2.75) is 34.1 Å². The normalized spacial score (nSPS) is 13.6. The predicted molar refractivity (Wildman–Crippen MR) is 87.9 cm³/mol. The van der Waals surface area contributed by atoms with Crippen molar-refractivity contribution in [2.75, 3.05) is 0 Å². The topological polar surface area (TPSA) is 0 Å². The van der Waals surface area contributed by atoms with Crippen LogP contribution in [0, 0.1) is 19.8 Å². The summed E-state index contributed by atoms with van der Waals surface area (Å²) in [5, 5.41) is 0. The number of aryl methyl sites for hydroxylation is 2. The van der Waals surface area contributed by atoms with Crippen LogP contribution in [-0.2, 0) is 6.42 Å². The zero-order valence-corrected chi connectivity index (χ0v) is 12.8. The molecule has 0 aliphatic heterocycles. The number of rotatable bonds is 2. The average molecular weight is 262 g/mol. The first-order chi connectivity index (χ1) is 9.58. The predicted octanol–water partition coefficient (Wildman–Crippen LogP) is 5.57. The highest BCUT2D eigenvalue weighted by atomic mass is 14.2. The SMILES string of the molecule is Cc1cccc(C)c1-c1cccc2c1C=C(C(C)C)C2. The van der Waals surface area contributed by atoms with E-state index in [1.165, 1.54) is 33.4 Å². The van der Waals surface area contributed by atoms with Crippen molar-refractivity contribution < 1.29 is 0 Å². The van der Waals surface area contributed by atoms with Gasteiger partial charge in [-0.2, -0.15) is 0 Å². The molecular formula is C20H22. The highest BCUT2D eigenvalue weighted by Crippen LogP contribution is 2.38. The molecule has 20 heavy (non-hydrogen) atoms. The molecule has 0 radical (unpaired) electrons. The maximum atomic E-state index is 2.42. The Morgan fingerprint density at radius 2 is 1.55 bits per heavy atom. The van der Waals surface area contributed by atoms with Crippen LogP contribution in [0.5, 0.6) is 0 Å². The van der Waals surface area contributed by atoms with E-state index in [9.17, 15) is 0 Å². The monoisotopic (exact) mass is 262 g/mol. The van der Waals surface area contributed by atoms with Gasteiger partial charge in [0.15, 0.2) is 0 Å². The van der Waals surface area contributed by atoms with Gasteiger partial charge in [0.25, 0.3) is 0 Å². The summed E-state index contributed by atoms with van der Waals surface area (Å²) < 4.78 is 0. The van der Waals surface area contributed by atoms with Crippen molar-refractivity contribution in [3.63, 3.8) is 0 Å². The van der Waals surface area contributed by atoms with Crippen LogP contribution in [0.15, 0.2) is 42.0 Å². The molecule has 0 saturated heterocycles. The molecular weight excluding hydrogens is 240 g/mol. The van der Waals surface area contributed by atoms with E-state index in [2.05, 4.69) is 70.2 Å². The summed E-state index contributed by atoms with van der Waals surface area (Å²) >= 11 is 0. The van der Waals surface area contributed by atoms with Crippen molar-refractivity contribution in [2.24, 2.45) is 5.92 Å². The van der Waals surface area contributed by atoms with E-state index >= 15 is 0 Å². The smallest absolute Gasteiger partial charge is 0.00550 e. The summed E-state index contributed by atoms with van der Waals surface area (Å²) in [6.45, 7) is 9.00. The van der Waals surface area contributed by atoms with Gasteiger partial charge >= 0.3 is 0 Å². The summed E-state index contributed by atoms with van der Waals surface area (Å²) in [6, 6.07) is 13.3. The Hall–Kier alpha value is -1.82. The van der Waals surface area contributed by atoms with Gasteiger partial charge in [0.2, 0.25) is 0 Å². The zero-order valence-electron chi connectivity index (χ0n) is 12.8. The first-order valence-electron chi connectivity index (χ1n) is 7.47. The third-order valence-corrected chi connectivity index (χ3v) is 4.41. The van der Waals surface area contributed by atoms with Gasteiger partial charge in [-0.15, -0.1) is 0 Å². The Labute approximate surface area is 122 Å². The number of hydrogen-bond donors (Lipinski definition) is 0. The van der Waals surface area contributed by atoms with E-state index in [1.807, 2.05) is 0 Å². The van der Waals surface area contributed by atoms with Gasteiger partial charge in [0, 0.05) is 0 Å². The van der Waals surface area contributed by atoms with Crippen LogP contribution < -0.4 is 0 Å². The Kier molecular flexibility index (Phi) is 3.25. The van der Waals surface area contributed by atoms with Crippen molar-refractivity contribution >= 4 is 6.08 Å². The third kappa shape index (κ3) is 2.10. The quantitative estimate of drug-likeness (QED) is 0.664. The van der Waals surface area contributed by atoms with Gasteiger partial charge in [0.1, 0.15) is 0 Å². The lowest BCUT2D eigenvalue weighted by Gasteiger charge is -2.13. The molecule has 3 rings (SSSR count). The molecule has 0 fully saturated rings. The Bertz CT molecular complexity index is 667. The molecule has 1 aliphatic rings. The molecule has 0 spiro atoms. The van der Waals surface area contributed by atoms with Crippen LogP contribution in [0.2, 0.25) is 0 Å². The Morgan fingerprint density at radius 3 is 2.20 bits per heavy atom. The largest absolute Gasteiger partial charge is 0.0626 e. The van der Waals surface area contributed by atoms with Gasteiger partial charge in [-0.25, -0.2) is 0 Å². The molecule has 0 aromatic heterocycles. The minimum absolute atomic E-state index is 0.633. The average Bonchev–Trinajstić information content (AvgIpc) is 2.83. The third-order valence-electron chi connectivity index (χ3n) is 4.41. The van der Waals surface area contributed by atoms with E-state index in [4.69, 9.17) is 0 Å². The summed E-state index contributed by atoms with van der Waals surface area (Å²) in [7, 11) is 0. The molecule has 0 nitrogen and oxygen atoms in total. The van der Waals surface area contributed by atoms with Gasteiger partial charge in [-0.05, 0) is 59.6 Å². The molecule has 0 unspecified atom stereocenters. The second kappa shape index (κ2) is 4.94. The van der Waals surface area contributed by atoms with Crippen LogP contribution in [0.3, 0.4) is 0 Å². The van der Waals surface area contributed by atoms with E-state index in [0.717, 1.165) is 6.42 Å². The van der Waals surface area contributed by atoms with Crippen molar-refractivity contribution in [1.82, 2.24) is 0 Å². The van der Waals surface area contributed by atoms with Crippen molar-refractivity contribution in [1.29, 1.82) is 0 Å². The number of hydrogen-bond acceptors (Lipinski definition) is 0. The highest BCUT2D eigenvalue weighted by Gasteiger charge is 2.19. The summed E-state index contributed by atoms with van der Waals surface area (Å²) in [5.41, 5.74) is 10.0. The van der Waals surface area contributed by atoms with Gasteiger partial charge < -0.3 is 0 Å². The molecule has 0 heteroatoms. The molecule has 0 saturated carbocycles. The van der Waals surface area contributed by atoms with Crippen molar-refractivity contribution in [3.05, 3.63) is 64.2 Å². The molecule has 102 valence electrons. The fourth-order valence-corrected chi connectivity index (χ4v) is 3.22. The van der Waals surface area contributed by atoms with Crippen LogP contribution in [-0.4, -0.2) is 0 Å². The lowest BCUT2D eigenvalue weighted by Crippen LogP contribution is -1.93. The molecule has 2 aromatic rings. The summed E-state index contributed by atoms with van der Waals surface area (Å²) in [5.74, 6) is 0.633. The number of benzene rings is 2. The maximum absolute atomic E-state index is 2.42. The molecule has 0 amide bonds. The first kappa shape index (κ1) is 13.2.